The molecule has 2 aromatic carbocycles. The van der Waals surface area contributed by atoms with Crippen LogP contribution < -0.4 is 5.32 Å². The molecule has 164 valence electrons. The van der Waals surface area contributed by atoms with Crippen molar-refractivity contribution in [2.24, 2.45) is 5.10 Å². The van der Waals surface area contributed by atoms with Gasteiger partial charge in [0.15, 0.2) is 0 Å². The first kappa shape index (κ1) is 22.5. The van der Waals surface area contributed by atoms with Crippen LogP contribution in [-0.4, -0.2) is 47.7 Å². The molecule has 1 N–H and O–H groups in total. The lowest BCUT2D eigenvalue weighted by Gasteiger charge is -2.25. The van der Waals surface area contributed by atoms with E-state index >= 15 is 0 Å². The van der Waals surface area contributed by atoms with Crippen molar-refractivity contribution >= 4 is 17.6 Å². The second-order valence-electron chi connectivity index (χ2n) is 8.30. The average Bonchev–Trinajstić information content (AvgIpc) is 3.20. The van der Waals surface area contributed by atoms with E-state index in [0.717, 1.165) is 23.3 Å². The molecule has 0 radical (unpaired) electrons. The summed E-state index contributed by atoms with van der Waals surface area (Å²) in [5, 5.41) is 9.08. The van der Waals surface area contributed by atoms with Crippen molar-refractivity contribution in [3.8, 4) is 0 Å². The van der Waals surface area contributed by atoms with E-state index in [1.165, 1.54) is 21.6 Å². The summed E-state index contributed by atoms with van der Waals surface area (Å²) in [7, 11) is 1.63. The Hall–Kier alpha value is -3.15. The molecule has 3 amide bonds. The minimum Gasteiger partial charge on any atom is -0.338 e. The Morgan fingerprint density at radius 3 is 2.45 bits per heavy atom. The summed E-state index contributed by atoms with van der Waals surface area (Å²) in [6, 6.07) is 14.0. The number of hydrogen-bond donors (Lipinski definition) is 1. The molecule has 1 aliphatic rings. The first-order chi connectivity index (χ1) is 14.8. The van der Waals surface area contributed by atoms with Gasteiger partial charge in [-0.05, 0) is 55.5 Å². The van der Waals surface area contributed by atoms with E-state index < -0.39 is 0 Å². The molecule has 0 saturated heterocycles. The highest BCUT2D eigenvalue weighted by molar-refractivity contribution is 6.03. The number of rotatable bonds is 6. The lowest BCUT2D eigenvalue weighted by Crippen LogP contribution is -2.43. The molecule has 31 heavy (non-hydrogen) atoms. The standard InChI is InChI=1S/C25H32N4O2/c1-6-13-26-25(31)28(5)16-24(30)29-23(20-10-7-17(2)8-11-20)15-22(27-29)21-12-9-18(3)19(4)14-21/h7-12,14,23H,6,13,15-16H2,1-5H3,(H,26,31)/t23-/m1/s1. The highest BCUT2D eigenvalue weighted by atomic mass is 16.2. The number of nitrogens with one attached hydrogen (secondary N) is 1. The van der Waals surface area contributed by atoms with E-state index in [2.05, 4.69) is 61.6 Å². The second-order valence-corrected chi connectivity index (χ2v) is 8.30. The van der Waals surface area contributed by atoms with Crippen LogP contribution in [0.1, 0.15) is 53.6 Å². The zero-order chi connectivity index (χ0) is 22.5. The van der Waals surface area contributed by atoms with Gasteiger partial charge in [0.05, 0.1) is 11.8 Å². The summed E-state index contributed by atoms with van der Waals surface area (Å²) in [5.41, 5.74) is 6.56. The number of urea groups is 1. The summed E-state index contributed by atoms with van der Waals surface area (Å²) in [6.45, 7) is 8.76. The van der Waals surface area contributed by atoms with E-state index in [1.54, 1.807) is 12.1 Å². The lowest BCUT2D eigenvalue weighted by atomic mass is 9.96. The maximum Gasteiger partial charge on any atom is 0.317 e. The third kappa shape index (κ3) is 5.32. The quantitative estimate of drug-likeness (QED) is 0.755. The summed E-state index contributed by atoms with van der Waals surface area (Å²) in [5.74, 6) is -0.196. The van der Waals surface area contributed by atoms with Crippen LogP contribution in [0.2, 0.25) is 0 Å². The predicted octanol–water partition coefficient (Wildman–Crippen LogP) is 4.34. The van der Waals surface area contributed by atoms with E-state index in [4.69, 9.17) is 5.10 Å². The van der Waals surface area contributed by atoms with Gasteiger partial charge in [0.1, 0.15) is 6.54 Å². The number of hydrogen-bond acceptors (Lipinski definition) is 3. The predicted molar refractivity (Wildman–Crippen MR) is 124 cm³/mol. The number of carbonyl (C=O) groups is 2. The molecular weight excluding hydrogens is 388 g/mol. The van der Waals surface area contributed by atoms with Gasteiger partial charge in [0, 0.05) is 20.0 Å². The first-order valence-electron chi connectivity index (χ1n) is 10.8. The van der Waals surface area contributed by atoms with Gasteiger partial charge < -0.3 is 10.2 Å². The van der Waals surface area contributed by atoms with E-state index in [1.807, 2.05) is 13.8 Å². The molecule has 0 bridgehead atoms. The summed E-state index contributed by atoms with van der Waals surface area (Å²) < 4.78 is 0. The van der Waals surface area contributed by atoms with Gasteiger partial charge in [-0.15, -0.1) is 0 Å². The molecule has 1 aliphatic heterocycles. The van der Waals surface area contributed by atoms with Crippen LogP contribution >= 0.6 is 0 Å². The summed E-state index contributed by atoms with van der Waals surface area (Å²) in [4.78, 5) is 26.8. The monoisotopic (exact) mass is 420 g/mol. The van der Waals surface area contributed by atoms with Crippen LogP contribution in [0.15, 0.2) is 47.6 Å². The fourth-order valence-electron chi connectivity index (χ4n) is 3.60. The third-order valence-electron chi connectivity index (χ3n) is 5.71. The third-order valence-corrected chi connectivity index (χ3v) is 5.71. The molecule has 1 atom stereocenters. The van der Waals surface area contributed by atoms with Crippen LogP contribution in [0, 0.1) is 20.8 Å². The smallest absolute Gasteiger partial charge is 0.317 e. The highest BCUT2D eigenvalue weighted by Gasteiger charge is 2.33. The van der Waals surface area contributed by atoms with Gasteiger partial charge in [-0.3, -0.25) is 4.79 Å². The van der Waals surface area contributed by atoms with Crippen LogP contribution in [0.3, 0.4) is 0 Å². The molecule has 0 unspecified atom stereocenters. The van der Waals surface area contributed by atoms with Crippen molar-refractivity contribution in [3.05, 3.63) is 70.3 Å². The van der Waals surface area contributed by atoms with Crippen molar-refractivity contribution in [1.82, 2.24) is 15.2 Å². The van der Waals surface area contributed by atoms with Gasteiger partial charge in [-0.1, -0.05) is 48.9 Å². The number of amides is 3. The molecule has 2 aromatic rings. The van der Waals surface area contributed by atoms with Crippen molar-refractivity contribution in [1.29, 1.82) is 0 Å². The molecule has 0 aliphatic carbocycles. The number of benzene rings is 2. The highest BCUT2D eigenvalue weighted by Crippen LogP contribution is 2.33. The Morgan fingerprint density at radius 1 is 1.10 bits per heavy atom. The maximum absolute atomic E-state index is 13.2. The molecule has 6 nitrogen and oxygen atoms in total. The van der Waals surface area contributed by atoms with E-state index in [0.29, 0.717) is 13.0 Å². The van der Waals surface area contributed by atoms with Crippen LogP contribution in [0.4, 0.5) is 4.79 Å². The Bertz CT molecular complexity index is 982. The molecule has 1 heterocycles. The van der Waals surface area contributed by atoms with Crippen molar-refractivity contribution in [3.63, 3.8) is 0 Å². The number of carbonyl (C=O) groups excluding carboxylic acids is 2. The number of hydrazone groups is 1. The molecule has 0 fully saturated rings. The van der Waals surface area contributed by atoms with Crippen LogP contribution in [-0.2, 0) is 4.79 Å². The number of aryl methyl sites for hydroxylation is 3. The Kier molecular flexibility index (Phi) is 7.10. The zero-order valence-electron chi connectivity index (χ0n) is 19.1. The SMILES string of the molecule is CCCNC(=O)N(C)CC(=O)N1N=C(c2ccc(C)c(C)c2)C[C@@H]1c1ccc(C)cc1. The average molecular weight is 421 g/mol. The van der Waals surface area contributed by atoms with Gasteiger partial charge in [-0.25, -0.2) is 9.80 Å². The molecular formula is C25H32N4O2. The molecule has 3 rings (SSSR count). The molecule has 6 heteroatoms. The van der Waals surface area contributed by atoms with Gasteiger partial charge in [0.25, 0.3) is 5.91 Å². The fraction of sp³-hybridized carbons (Fsp3) is 0.400. The van der Waals surface area contributed by atoms with Gasteiger partial charge >= 0.3 is 6.03 Å². The molecule has 0 saturated carbocycles. The van der Waals surface area contributed by atoms with Crippen molar-refractivity contribution < 1.29 is 9.59 Å². The number of likely N-dealkylation sites (N-methyl/N-ethyl adjacent to an activating group) is 1. The Morgan fingerprint density at radius 2 is 1.81 bits per heavy atom. The van der Waals surface area contributed by atoms with Crippen molar-refractivity contribution in [2.75, 3.05) is 20.1 Å². The van der Waals surface area contributed by atoms with Crippen LogP contribution in [0.25, 0.3) is 0 Å². The van der Waals surface area contributed by atoms with Crippen molar-refractivity contribution in [2.45, 2.75) is 46.6 Å². The topological polar surface area (TPSA) is 65.0 Å². The number of nitrogens with zero attached hydrogens (tertiary/aromatic N) is 3. The molecule has 0 aromatic heterocycles. The maximum atomic E-state index is 13.2. The lowest BCUT2D eigenvalue weighted by molar-refractivity contribution is -0.133. The minimum absolute atomic E-state index is 0.0262. The first-order valence-corrected chi connectivity index (χ1v) is 10.8. The normalized spacial score (nSPS) is 15.6. The van der Waals surface area contributed by atoms with Gasteiger partial charge in [-0.2, -0.15) is 5.10 Å². The summed E-state index contributed by atoms with van der Waals surface area (Å²) in [6.07, 6.45) is 1.49. The van der Waals surface area contributed by atoms with Gasteiger partial charge in [0.2, 0.25) is 0 Å². The molecule has 0 spiro atoms. The zero-order valence-corrected chi connectivity index (χ0v) is 19.1. The van der Waals surface area contributed by atoms with E-state index in [-0.39, 0.29) is 24.5 Å². The Balaban J connectivity index is 1.86. The largest absolute Gasteiger partial charge is 0.338 e. The Labute approximate surface area is 184 Å². The second kappa shape index (κ2) is 9.77. The van der Waals surface area contributed by atoms with Crippen LogP contribution in [0.5, 0.6) is 0 Å². The summed E-state index contributed by atoms with van der Waals surface area (Å²) >= 11 is 0. The fourth-order valence-corrected chi connectivity index (χ4v) is 3.60. The minimum atomic E-state index is -0.250. The van der Waals surface area contributed by atoms with E-state index in [9.17, 15) is 9.59 Å².